The molecular formula is C29H27F6NO3. The van der Waals surface area contributed by atoms with Crippen LogP contribution in [0.15, 0.2) is 72.8 Å². The fraction of sp³-hybridized carbons (Fsp3) is 0.345. The molecule has 0 radical (unpaired) electrons. The largest absolute Gasteiger partial charge is 0.465 e. The summed E-state index contributed by atoms with van der Waals surface area (Å²) in [5, 5.41) is 12.0. The smallest absolute Gasteiger partial charge is 0.416 e. The van der Waals surface area contributed by atoms with Gasteiger partial charge in [0.2, 0.25) is 0 Å². The number of rotatable bonds is 6. The van der Waals surface area contributed by atoms with E-state index in [4.69, 9.17) is 4.74 Å². The quantitative estimate of drug-likeness (QED) is 0.275. The fourth-order valence-corrected chi connectivity index (χ4v) is 5.10. The predicted molar refractivity (Wildman–Crippen MR) is 132 cm³/mol. The lowest BCUT2D eigenvalue weighted by atomic mass is 9.71. The molecule has 39 heavy (non-hydrogen) atoms. The second-order valence-corrected chi connectivity index (χ2v) is 9.66. The number of ether oxygens (including phenoxy) is 1. The monoisotopic (exact) mass is 551 g/mol. The standard InChI is InChI=1S/C29H27F6NO3/c1-39-26(37)20-4-2-19(3-5-20)18-36-16-14-23(15-17-36)27(38,21-6-10-24(11-7-21)28(30,31)32)22-8-12-25(13-9-22)29(33,34)35/h2-13,23,38H,14-18H2,1H3. The summed E-state index contributed by atoms with van der Waals surface area (Å²) < 4.78 is 83.6. The summed E-state index contributed by atoms with van der Waals surface area (Å²) in [5.74, 6) is -0.892. The van der Waals surface area contributed by atoms with Crippen molar-refractivity contribution in [2.45, 2.75) is 37.3 Å². The Morgan fingerprint density at radius 2 is 1.18 bits per heavy atom. The second-order valence-electron chi connectivity index (χ2n) is 9.66. The predicted octanol–water partition coefficient (Wildman–Crippen LogP) is 6.66. The van der Waals surface area contributed by atoms with Gasteiger partial charge in [0.15, 0.2) is 0 Å². The summed E-state index contributed by atoms with van der Waals surface area (Å²) in [5.41, 5.74) is -1.79. The maximum Gasteiger partial charge on any atom is 0.416 e. The van der Waals surface area contributed by atoms with Gasteiger partial charge in [0.05, 0.1) is 23.8 Å². The van der Waals surface area contributed by atoms with Crippen molar-refractivity contribution in [2.75, 3.05) is 20.2 Å². The molecule has 4 nitrogen and oxygen atoms in total. The first-order valence-electron chi connectivity index (χ1n) is 12.3. The van der Waals surface area contributed by atoms with Gasteiger partial charge in [-0.1, -0.05) is 36.4 Å². The molecule has 208 valence electrons. The van der Waals surface area contributed by atoms with Crippen molar-refractivity contribution in [2.24, 2.45) is 5.92 Å². The number of esters is 1. The van der Waals surface area contributed by atoms with Crippen molar-refractivity contribution in [3.63, 3.8) is 0 Å². The number of hydrogen-bond donors (Lipinski definition) is 1. The van der Waals surface area contributed by atoms with E-state index in [-0.39, 0.29) is 11.1 Å². The van der Waals surface area contributed by atoms with E-state index in [1.165, 1.54) is 31.4 Å². The molecule has 0 atom stereocenters. The van der Waals surface area contributed by atoms with Crippen LogP contribution >= 0.6 is 0 Å². The molecule has 1 heterocycles. The highest BCUT2D eigenvalue weighted by molar-refractivity contribution is 5.89. The van der Waals surface area contributed by atoms with Crippen molar-refractivity contribution in [3.05, 3.63) is 106 Å². The van der Waals surface area contributed by atoms with Crippen LogP contribution in [0.2, 0.25) is 0 Å². The molecule has 10 heteroatoms. The van der Waals surface area contributed by atoms with Gasteiger partial charge in [-0.05, 0) is 84.9 Å². The summed E-state index contributed by atoms with van der Waals surface area (Å²) in [7, 11) is 1.30. The topological polar surface area (TPSA) is 49.8 Å². The number of carbonyl (C=O) groups excluding carboxylic acids is 1. The minimum Gasteiger partial charge on any atom is -0.465 e. The normalized spacial score (nSPS) is 15.8. The highest BCUT2D eigenvalue weighted by Gasteiger charge is 2.43. The van der Waals surface area contributed by atoms with E-state index in [0.717, 1.165) is 29.8 Å². The number of methoxy groups -OCH3 is 1. The van der Waals surface area contributed by atoms with E-state index in [1.807, 2.05) is 12.1 Å². The highest BCUT2D eigenvalue weighted by atomic mass is 19.4. The van der Waals surface area contributed by atoms with E-state index in [1.54, 1.807) is 12.1 Å². The first-order chi connectivity index (χ1) is 18.3. The molecule has 1 fully saturated rings. The van der Waals surface area contributed by atoms with Crippen molar-refractivity contribution >= 4 is 5.97 Å². The maximum absolute atomic E-state index is 13.2. The van der Waals surface area contributed by atoms with Gasteiger partial charge in [-0.3, -0.25) is 4.90 Å². The van der Waals surface area contributed by atoms with E-state index in [0.29, 0.717) is 38.0 Å². The summed E-state index contributed by atoms with van der Waals surface area (Å²) in [6, 6.07) is 15.2. The Labute approximate surface area is 221 Å². The Hall–Kier alpha value is -3.37. The molecular weight excluding hydrogens is 524 g/mol. The minimum absolute atomic E-state index is 0.187. The SMILES string of the molecule is COC(=O)c1ccc(CN2CCC(C(O)(c3ccc(C(F)(F)F)cc3)c3ccc(C(F)(F)F)cc3)CC2)cc1. The number of piperidine rings is 1. The zero-order valence-corrected chi connectivity index (χ0v) is 21.0. The van der Waals surface area contributed by atoms with Crippen molar-refractivity contribution in [3.8, 4) is 0 Å². The molecule has 0 unspecified atom stereocenters. The zero-order valence-electron chi connectivity index (χ0n) is 21.0. The Balaban J connectivity index is 1.57. The fourth-order valence-electron chi connectivity index (χ4n) is 5.10. The number of likely N-dealkylation sites (tertiary alicyclic amines) is 1. The highest BCUT2D eigenvalue weighted by Crippen LogP contribution is 2.44. The molecule has 0 saturated carbocycles. The molecule has 0 amide bonds. The first kappa shape index (κ1) is 28.6. The number of nitrogens with zero attached hydrogens (tertiary/aromatic N) is 1. The zero-order chi connectivity index (χ0) is 28.4. The third-order valence-electron chi connectivity index (χ3n) is 7.26. The molecule has 1 aliphatic heterocycles. The van der Waals surface area contributed by atoms with Crippen LogP contribution in [0.25, 0.3) is 0 Å². The second kappa shape index (κ2) is 11.0. The van der Waals surface area contributed by atoms with Crippen LogP contribution in [-0.4, -0.2) is 36.2 Å². The van der Waals surface area contributed by atoms with Crippen LogP contribution in [0.1, 0.15) is 51.0 Å². The van der Waals surface area contributed by atoms with E-state index in [9.17, 15) is 36.2 Å². The molecule has 1 aliphatic rings. The summed E-state index contributed by atoms with van der Waals surface area (Å²) in [6.45, 7) is 1.67. The first-order valence-corrected chi connectivity index (χ1v) is 12.3. The lowest BCUT2D eigenvalue weighted by Crippen LogP contribution is -2.44. The van der Waals surface area contributed by atoms with Crippen molar-refractivity contribution < 1.29 is 41.0 Å². The van der Waals surface area contributed by atoms with Crippen LogP contribution in [0.3, 0.4) is 0 Å². The Bertz CT molecular complexity index is 1200. The van der Waals surface area contributed by atoms with Gasteiger partial charge in [-0.15, -0.1) is 0 Å². The van der Waals surface area contributed by atoms with Gasteiger partial charge in [0.1, 0.15) is 5.60 Å². The van der Waals surface area contributed by atoms with Crippen LogP contribution in [0, 0.1) is 5.92 Å². The molecule has 3 aromatic carbocycles. The van der Waals surface area contributed by atoms with Gasteiger partial charge in [0.25, 0.3) is 0 Å². The Morgan fingerprint density at radius 1 is 0.769 bits per heavy atom. The van der Waals surface area contributed by atoms with Crippen LogP contribution in [-0.2, 0) is 29.2 Å². The molecule has 0 bridgehead atoms. The number of alkyl halides is 6. The van der Waals surface area contributed by atoms with Crippen LogP contribution < -0.4 is 0 Å². The maximum atomic E-state index is 13.2. The van der Waals surface area contributed by atoms with Gasteiger partial charge in [0, 0.05) is 6.54 Å². The summed E-state index contributed by atoms with van der Waals surface area (Å²) in [6.07, 6.45) is -8.21. The van der Waals surface area contributed by atoms with Crippen LogP contribution in [0.4, 0.5) is 26.3 Å². The Kier molecular flexibility index (Phi) is 8.09. The number of benzene rings is 3. The van der Waals surface area contributed by atoms with Crippen molar-refractivity contribution in [1.82, 2.24) is 4.90 Å². The third kappa shape index (κ3) is 6.28. The van der Waals surface area contributed by atoms with Gasteiger partial charge in [-0.2, -0.15) is 26.3 Å². The average molecular weight is 552 g/mol. The lowest BCUT2D eigenvalue weighted by Gasteiger charge is -2.42. The number of aliphatic hydroxyl groups is 1. The van der Waals surface area contributed by atoms with Gasteiger partial charge < -0.3 is 9.84 Å². The molecule has 0 aliphatic carbocycles. The third-order valence-corrected chi connectivity index (χ3v) is 7.26. The van der Waals surface area contributed by atoms with Gasteiger partial charge >= 0.3 is 18.3 Å². The number of hydrogen-bond acceptors (Lipinski definition) is 4. The summed E-state index contributed by atoms with van der Waals surface area (Å²) >= 11 is 0. The molecule has 1 saturated heterocycles. The summed E-state index contributed by atoms with van der Waals surface area (Å²) in [4.78, 5) is 13.8. The Morgan fingerprint density at radius 3 is 1.56 bits per heavy atom. The number of carbonyl (C=O) groups is 1. The molecule has 0 aromatic heterocycles. The van der Waals surface area contributed by atoms with E-state index >= 15 is 0 Å². The molecule has 1 N–H and O–H groups in total. The number of halogens is 6. The van der Waals surface area contributed by atoms with Crippen molar-refractivity contribution in [1.29, 1.82) is 0 Å². The molecule has 0 spiro atoms. The molecule has 4 rings (SSSR count). The van der Waals surface area contributed by atoms with E-state index in [2.05, 4.69) is 4.90 Å². The lowest BCUT2D eigenvalue weighted by molar-refractivity contribution is -0.138. The minimum atomic E-state index is -4.56. The van der Waals surface area contributed by atoms with Gasteiger partial charge in [-0.25, -0.2) is 4.79 Å². The van der Waals surface area contributed by atoms with Crippen LogP contribution in [0.5, 0.6) is 0 Å². The van der Waals surface area contributed by atoms with E-state index < -0.39 is 41.0 Å². The molecule has 3 aromatic rings. The average Bonchev–Trinajstić information content (AvgIpc) is 2.92.